The number of aromatic nitrogens is 4. The van der Waals surface area contributed by atoms with Gasteiger partial charge in [-0.3, -0.25) is 14.5 Å². The summed E-state index contributed by atoms with van der Waals surface area (Å²) >= 11 is 0. The van der Waals surface area contributed by atoms with Crippen LogP contribution in [0.1, 0.15) is 38.3 Å². The molecule has 0 radical (unpaired) electrons. The van der Waals surface area contributed by atoms with Gasteiger partial charge in [0.15, 0.2) is 6.04 Å². The molecular weight excluding hydrogens is 482 g/mol. The van der Waals surface area contributed by atoms with Crippen LogP contribution in [0.15, 0.2) is 65.1 Å². The van der Waals surface area contributed by atoms with Crippen LogP contribution in [-0.2, 0) is 16.1 Å². The van der Waals surface area contributed by atoms with Gasteiger partial charge in [-0.15, -0.1) is 10.2 Å². The van der Waals surface area contributed by atoms with Crippen LogP contribution >= 0.6 is 0 Å². The first kappa shape index (κ1) is 25.7. The van der Waals surface area contributed by atoms with E-state index in [-0.39, 0.29) is 17.3 Å². The summed E-state index contributed by atoms with van der Waals surface area (Å²) in [6, 6.07) is 12.9. The Kier molecular flexibility index (Phi) is 7.14. The summed E-state index contributed by atoms with van der Waals surface area (Å²) in [6.45, 7) is 6.72. The zero-order valence-electron chi connectivity index (χ0n) is 20.8. The smallest absolute Gasteiger partial charge is 0.251 e. The van der Waals surface area contributed by atoms with Crippen LogP contribution in [-0.4, -0.2) is 37.6 Å². The van der Waals surface area contributed by atoms with Gasteiger partial charge in [0.25, 0.3) is 11.8 Å². The molecule has 9 nitrogen and oxygen atoms in total. The third-order valence-electron chi connectivity index (χ3n) is 5.22. The van der Waals surface area contributed by atoms with Crippen molar-refractivity contribution in [2.45, 2.75) is 45.8 Å². The second-order valence-corrected chi connectivity index (χ2v) is 9.48. The van der Waals surface area contributed by atoms with Gasteiger partial charge in [0.2, 0.25) is 5.82 Å². The molecule has 0 bridgehead atoms. The second kappa shape index (κ2) is 10.3. The molecule has 37 heavy (non-hydrogen) atoms. The van der Waals surface area contributed by atoms with Crippen LogP contribution in [0.5, 0.6) is 0 Å². The molecule has 2 amide bonds. The zero-order valence-corrected chi connectivity index (χ0v) is 20.8. The Balaban J connectivity index is 1.72. The Hall–Kier alpha value is -4.41. The molecule has 1 atom stereocenters. The van der Waals surface area contributed by atoms with E-state index in [1.807, 2.05) is 0 Å². The van der Waals surface area contributed by atoms with Gasteiger partial charge >= 0.3 is 0 Å². The third-order valence-corrected chi connectivity index (χ3v) is 5.22. The summed E-state index contributed by atoms with van der Waals surface area (Å²) in [5, 5.41) is 14.9. The molecule has 0 spiro atoms. The van der Waals surface area contributed by atoms with Crippen molar-refractivity contribution in [1.29, 1.82) is 0 Å². The normalized spacial score (nSPS) is 12.3. The molecule has 0 saturated heterocycles. The number of amides is 2. The van der Waals surface area contributed by atoms with Gasteiger partial charge in [0, 0.05) is 16.8 Å². The van der Waals surface area contributed by atoms with Gasteiger partial charge < -0.3 is 9.73 Å². The number of aryl methyl sites for hydroxylation is 1. The maximum atomic E-state index is 14.3. The molecule has 192 valence electrons. The maximum absolute atomic E-state index is 14.3. The van der Waals surface area contributed by atoms with Crippen molar-refractivity contribution in [3.63, 3.8) is 0 Å². The number of nitrogens with zero attached hydrogens (tertiary/aromatic N) is 5. The molecule has 0 fully saturated rings. The fourth-order valence-corrected chi connectivity index (χ4v) is 3.70. The molecule has 0 aliphatic carbocycles. The number of tetrazole rings is 1. The van der Waals surface area contributed by atoms with E-state index in [0.717, 1.165) is 15.8 Å². The first-order valence-corrected chi connectivity index (χ1v) is 11.5. The number of hydrogen-bond acceptors (Lipinski definition) is 6. The minimum absolute atomic E-state index is 0.145. The fraction of sp³-hybridized carbons (Fsp3) is 0.269. The van der Waals surface area contributed by atoms with Gasteiger partial charge in [-0.2, -0.15) is 4.80 Å². The van der Waals surface area contributed by atoms with E-state index >= 15 is 0 Å². The predicted molar refractivity (Wildman–Crippen MR) is 131 cm³/mol. The predicted octanol–water partition coefficient (Wildman–Crippen LogP) is 4.21. The van der Waals surface area contributed by atoms with Crippen LogP contribution < -0.4 is 10.2 Å². The van der Waals surface area contributed by atoms with E-state index in [9.17, 15) is 18.4 Å². The van der Waals surface area contributed by atoms with Gasteiger partial charge in [-0.05, 0) is 87.5 Å². The molecule has 11 heteroatoms. The van der Waals surface area contributed by atoms with Gasteiger partial charge in [-0.1, -0.05) is 6.07 Å². The van der Waals surface area contributed by atoms with Gasteiger partial charge in [-0.25, -0.2) is 8.78 Å². The zero-order chi connectivity index (χ0) is 26.7. The topological polar surface area (TPSA) is 106 Å². The monoisotopic (exact) mass is 508 g/mol. The molecule has 0 aliphatic rings. The highest BCUT2D eigenvalue weighted by Gasteiger charge is 2.37. The van der Waals surface area contributed by atoms with Crippen molar-refractivity contribution >= 4 is 17.5 Å². The quantitative estimate of drug-likeness (QED) is 0.401. The van der Waals surface area contributed by atoms with E-state index in [4.69, 9.17) is 4.42 Å². The van der Waals surface area contributed by atoms with Crippen molar-refractivity contribution in [2.24, 2.45) is 0 Å². The Morgan fingerprint density at radius 1 is 1.05 bits per heavy atom. The summed E-state index contributed by atoms with van der Waals surface area (Å²) in [4.78, 5) is 29.4. The lowest BCUT2D eigenvalue weighted by Crippen LogP contribution is -2.50. The van der Waals surface area contributed by atoms with Crippen LogP contribution in [0, 0.1) is 18.6 Å². The molecule has 2 heterocycles. The molecule has 0 unspecified atom stereocenters. The number of carbonyl (C=O) groups excluding carboxylic acids is 2. The summed E-state index contributed by atoms with van der Waals surface area (Å²) in [6.07, 6.45) is 0. The Labute approximate surface area is 212 Å². The fourth-order valence-electron chi connectivity index (χ4n) is 3.70. The lowest BCUT2D eigenvalue weighted by molar-refractivity contribution is -0.128. The number of furan rings is 1. The number of hydrogen-bond donors (Lipinski definition) is 1. The van der Waals surface area contributed by atoms with E-state index in [1.54, 1.807) is 39.8 Å². The Bertz CT molecular complexity index is 1410. The highest BCUT2D eigenvalue weighted by molar-refractivity contribution is 6.01. The molecule has 2 aromatic heterocycles. The van der Waals surface area contributed by atoms with E-state index in [2.05, 4.69) is 20.7 Å². The highest BCUT2D eigenvalue weighted by atomic mass is 19.1. The molecule has 2 aromatic carbocycles. The first-order chi connectivity index (χ1) is 17.5. The van der Waals surface area contributed by atoms with Crippen LogP contribution in [0.25, 0.3) is 11.4 Å². The number of carbonyl (C=O) groups is 2. The number of nitrogens with one attached hydrogen (secondary N) is 1. The number of benzene rings is 2. The third kappa shape index (κ3) is 6.24. The van der Waals surface area contributed by atoms with Crippen molar-refractivity contribution in [3.8, 4) is 11.4 Å². The van der Waals surface area contributed by atoms with Crippen molar-refractivity contribution in [2.75, 3.05) is 4.90 Å². The van der Waals surface area contributed by atoms with E-state index in [0.29, 0.717) is 11.3 Å². The van der Waals surface area contributed by atoms with Crippen molar-refractivity contribution in [3.05, 3.63) is 83.8 Å². The highest BCUT2D eigenvalue weighted by Crippen LogP contribution is 2.30. The van der Waals surface area contributed by atoms with Crippen molar-refractivity contribution < 1.29 is 22.8 Å². The lowest BCUT2D eigenvalue weighted by Gasteiger charge is -2.32. The molecular formula is C26H26F2N6O3. The molecule has 0 saturated carbocycles. The van der Waals surface area contributed by atoms with Crippen LogP contribution in [0.2, 0.25) is 0 Å². The molecule has 4 rings (SSSR count). The average molecular weight is 509 g/mol. The minimum atomic E-state index is -1.25. The largest absolute Gasteiger partial charge is 0.464 e. The van der Waals surface area contributed by atoms with Gasteiger partial charge in [0.05, 0.1) is 0 Å². The van der Waals surface area contributed by atoms with E-state index in [1.165, 1.54) is 42.5 Å². The molecule has 1 N–H and O–H groups in total. The van der Waals surface area contributed by atoms with Crippen LogP contribution in [0.3, 0.4) is 0 Å². The summed E-state index contributed by atoms with van der Waals surface area (Å²) in [5.74, 6) is -1.20. The Morgan fingerprint density at radius 2 is 1.78 bits per heavy atom. The molecule has 0 aliphatic heterocycles. The van der Waals surface area contributed by atoms with Crippen molar-refractivity contribution in [1.82, 2.24) is 25.5 Å². The van der Waals surface area contributed by atoms with Gasteiger partial charge in [0.1, 0.15) is 29.7 Å². The van der Waals surface area contributed by atoms with Crippen LogP contribution in [0.4, 0.5) is 14.5 Å². The maximum Gasteiger partial charge on any atom is 0.251 e. The SMILES string of the molecule is Cc1ccc([C@H](C(=O)NC(C)(C)C)N(C(=O)Cn2nnc(-c3ccc(F)cc3)n2)c2cccc(F)c2)o1. The first-order valence-electron chi connectivity index (χ1n) is 11.5. The number of anilines is 1. The average Bonchev–Trinajstić information content (AvgIpc) is 3.45. The second-order valence-electron chi connectivity index (χ2n) is 9.48. The van der Waals surface area contributed by atoms with E-state index < -0.39 is 41.6 Å². The Morgan fingerprint density at radius 3 is 2.41 bits per heavy atom. The lowest BCUT2D eigenvalue weighted by atomic mass is 10.1. The number of rotatable bonds is 7. The molecule has 4 aromatic rings. The standard InChI is InChI=1S/C26H26F2N6O3/c1-16-8-13-21(37-16)23(25(36)29-26(2,3)4)34(20-7-5-6-19(28)14-20)22(35)15-33-31-24(30-32-33)17-9-11-18(27)12-10-17/h5-14,23H,15H2,1-4H3,(H,29,36)/t23-/m1/s1. The summed E-state index contributed by atoms with van der Waals surface area (Å²) in [7, 11) is 0. The summed E-state index contributed by atoms with van der Waals surface area (Å²) < 4.78 is 33.3. The number of halogens is 2. The minimum Gasteiger partial charge on any atom is -0.464 e. The summed E-state index contributed by atoms with van der Waals surface area (Å²) in [5.41, 5.74) is 0.0353.